The number of carbonyl (C=O) groups excluding carboxylic acids is 1. The quantitative estimate of drug-likeness (QED) is 0.626. The second kappa shape index (κ2) is 4.46. The first-order chi connectivity index (χ1) is 7.20. The Morgan fingerprint density at radius 1 is 1.67 bits per heavy atom. The van der Waals surface area contributed by atoms with E-state index in [9.17, 15) is 4.79 Å². The Bertz CT molecular complexity index is 367. The summed E-state index contributed by atoms with van der Waals surface area (Å²) in [6.07, 6.45) is 0.413. The summed E-state index contributed by atoms with van der Waals surface area (Å²) in [6, 6.07) is -0.0660. The van der Waals surface area contributed by atoms with Crippen molar-refractivity contribution in [1.82, 2.24) is 10.2 Å². The summed E-state index contributed by atoms with van der Waals surface area (Å²) in [5, 5.41) is 8.68. The number of hydrogen-bond acceptors (Lipinski definition) is 6. The zero-order chi connectivity index (χ0) is 10.8. The first-order valence-corrected chi connectivity index (χ1v) is 6.53. The topological polar surface area (TPSA) is 72.1 Å². The lowest BCUT2D eigenvalue weighted by molar-refractivity contribution is -0.117. The highest BCUT2D eigenvalue weighted by molar-refractivity contribution is 8.01. The monoisotopic (exact) mass is 244 g/mol. The molecular weight excluding hydrogens is 232 g/mol. The van der Waals surface area contributed by atoms with E-state index >= 15 is 0 Å². The van der Waals surface area contributed by atoms with Crippen LogP contribution in [0.25, 0.3) is 0 Å². The van der Waals surface area contributed by atoms with Crippen LogP contribution in [0.3, 0.4) is 0 Å². The maximum Gasteiger partial charge on any atom is 0.230 e. The third-order valence-corrected chi connectivity index (χ3v) is 4.01. The van der Waals surface area contributed by atoms with E-state index in [0.717, 1.165) is 10.1 Å². The van der Waals surface area contributed by atoms with E-state index in [-0.39, 0.29) is 11.9 Å². The van der Waals surface area contributed by atoms with Crippen LogP contribution in [0.5, 0.6) is 0 Å². The molecule has 0 aliphatic carbocycles. The fraction of sp³-hybridized carbons (Fsp3) is 0.625. The molecule has 0 bridgehead atoms. The summed E-state index contributed by atoms with van der Waals surface area (Å²) < 4.78 is 0.903. The van der Waals surface area contributed by atoms with Crippen LogP contribution in [0.2, 0.25) is 0 Å². The SMILES string of the molecule is CCSc1nnc(N2CC(N)CC2=O)s1. The van der Waals surface area contributed by atoms with Crippen LogP contribution in [0, 0.1) is 0 Å². The van der Waals surface area contributed by atoms with Crippen molar-refractivity contribution in [2.75, 3.05) is 17.2 Å². The van der Waals surface area contributed by atoms with Gasteiger partial charge < -0.3 is 5.73 Å². The van der Waals surface area contributed by atoms with Crippen molar-refractivity contribution in [3.63, 3.8) is 0 Å². The van der Waals surface area contributed by atoms with Crippen LogP contribution in [-0.4, -0.2) is 34.4 Å². The van der Waals surface area contributed by atoms with Crippen molar-refractivity contribution in [3.05, 3.63) is 0 Å². The highest BCUT2D eigenvalue weighted by Crippen LogP contribution is 2.29. The van der Waals surface area contributed by atoms with E-state index in [0.29, 0.717) is 18.1 Å². The van der Waals surface area contributed by atoms with Crippen LogP contribution in [0.4, 0.5) is 5.13 Å². The largest absolute Gasteiger partial charge is 0.326 e. The first-order valence-electron chi connectivity index (χ1n) is 4.73. The Morgan fingerprint density at radius 3 is 3.07 bits per heavy atom. The molecule has 1 aromatic heterocycles. The molecule has 1 atom stereocenters. The summed E-state index contributed by atoms with van der Waals surface area (Å²) >= 11 is 3.08. The lowest BCUT2D eigenvalue weighted by atomic mass is 10.3. The van der Waals surface area contributed by atoms with Gasteiger partial charge in [0.25, 0.3) is 0 Å². The highest BCUT2D eigenvalue weighted by atomic mass is 32.2. The Kier molecular flexibility index (Phi) is 3.22. The molecule has 1 saturated heterocycles. The second-order valence-corrected chi connectivity index (χ2v) is 5.72. The predicted molar refractivity (Wildman–Crippen MR) is 61.3 cm³/mol. The van der Waals surface area contributed by atoms with Crippen molar-refractivity contribution in [3.8, 4) is 0 Å². The molecule has 82 valence electrons. The van der Waals surface area contributed by atoms with Gasteiger partial charge in [-0.3, -0.25) is 9.69 Å². The number of anilines is 1. The Hall–Kier alpha value is -0.660. The summed E-state index contributed by atoms with van der Waals surface area (Å²) in [7, 11) is 0. The molecule has 2 rings (SSSR count). The van der Waals surface area contributed by atoms with E-state index in [1.54, 1.807) is 16.7 Å². The lowest BCUT2D eigenvalue weighted by Crippen LogP contribution is -2.27. The molecule has 1 aromatic rings. The van der Waals surface area contributed by atoms with Crippen LogP contribution >= 0.6 is 23.1 Å². The van der Waals surface area contributed by atoms with Crippen molar-refractivity contribution < 1.29 is 4.79 Å². The zero-order valence-corrected chi connectivity index (χ0v) is 9.98. The van der Waals surface area contributed by atoms with E-state index in [4.69, 9.17) is 5.73 Å². The van der Waals surface area contributed by atoms with Crippen molar-refractivity contribution in [2.45, 2.75) is 23.7 Å². The number of amides is 1. The normalized spacial score (nSPS) is 21.3. The standard InChI is InChI=1S/C8H12N4OS2/c1-2-14-8-11-10-7(15-8)12-4-5(9)3-6(12)13/h5H,2-4,9H2,1H3. The first kappa shape index (κ1) is 10.8. The minimum absolute atomic E-state index is 0.0479. The molecule has 15 heavy (non-hydrogen) atoms. The van der Waals surface area contributed by atoms with Gasteiger partial charge in [-0.05, 0) is 5.75 Å². The van der Waals surface area contributed by atoms with Crippen LogP contribution in [0.1, 0.15) is 13.3 Å². The number of rotatable bonds is 3. The van der Waals surface area contributed by atoms with Crippen LogP contribution < -0.4 is 10.6 Å². The fourth-order valence-electron chi connectivity index (χ4n) is 1.41. The van der Waals surface area contributed by atoms with Gasteiger partial charge in [-0.15, -0.1) is 10.2 Å². The van der Waals surface area contributed by atoms with Gasteiger partial charge in [-0.25, -0.2) is 0 Å². The average Bonchev–Trinajstić information content (AvgIpc) is 2.73. The second-order valence-electron chi connectivity index (χ2n) is 3.25. The molecule has 5 nitrogen and oxygen atoms in total. The number of carbonyl (C=O) groups is 1. The minimum atomic E-state index is -0.0660. The third-order valence-electron chi connectivity index (χ3n) is 2.05. The third kappa shape index (κ3) is 2.30. The molecule has 1 unspecified atom stereocenters. The van der Waals surface area contributed by atoms with Crippen molar-refractivity contribution in [2.24, 2.45) is 5.73 Å². The maximum atomic E-state index is 11.5. The molecule has 1 aliphatic heterocycles. The Balaban J connectivity index is 2.12. The molecule has 0 saturated carbocycles. The lowest BCUT2D eigenvalue weighted by Gasteiger charge is -2.09. The van der Waals surface area contributed by atoms with E-state index in [1.165, 1.54) is 11.3 Å². The number of thioether (sulfide) groups is 1. The van der Waals surface area contributed by atoms with E-state index in [1.807, 2.05) is 0 Å². The molecular formula is C8H12N4OS2. The molecule has 7 heteroatoms. The average molecular weight is 244 g/mol. The van der Waals surface area contributed by atoms with Gasteiger partial charge >= 0.3 is 0 Å². The molecule has 1 amide bonds. The van der Waals surface area contributed by atoms with Gasteiger partial charge in [0.1, 0.15) is 0 Å². The van der Waals surface area contributed by atoms with Crippen LogP contribution in [0.15, 0.2) is 4.34 Å². The van der Waals surface area contributed by atoms with E-state index in [2.05, 4.69) is 17.1 Å². The Labute approximate surface area is 96.0 Å². The molecule has 0 radical (unpaired) electrons. The van der Waals surface area contributed by atoms with Gasteiger partial charge in [0.2, 0.25) is 11.0 Å². The summed E-state index contributed by atoms with van der Waals surface area (Å²) in [5.74, 6) is 1.01. The van der Waals surface area contributed by atoms with Gasteiger partial charge in [0, 0.05) is 19.0 Å². The number of hydrogen-bond donors (Lipinski definition) is 1. The summed E-state index contributed by atoms with van der Waals surface area (Å²) in [4.78, 5) is 13.2. The molecule has 2 heterocycles. The smallest absolute Gasteiger partial charge is 0.230 e. The Morgan fingerprint density at radius 2 is 2.47 bits per heavy atom. The molecule has 1 aliphatic rings. The van der Waals surface area contributed by atoms with Gasteiger partial charge in [-0.2, -0.15) is 0 Å². The highest BCUT2D eigenvalue weighted by Gasteiger charge is 2.30. The molecule has 2 N–H and O–H groups in total. The fourth-order valence-corrected chi connectivity index (χ4v) is 3.18. The van der Waals surface area contributed by atoms with Crippen molar-refractivity contribution >= 4 is 34.1 Å². The van der Waals surface area contributed by atoms with Gasteiger partial charge in [-0.1, -0.05) is 30.0 Å². The molecule has 0 spiro atoms. The van der Waals surface area contributed by atoms with Crippen molar-refractivity contribution in [1.29, 1.82) is 0 Å². The van der Waals surface area contributed by atoms with Crippen LogP contribution in [-0.2, 0) is 4.79 Å². The maximum absolute atomic E-state index is 11.5. The molecule has 1 fully saturated rings. The number of nitrogens with zero attached hydrogens (tertiary/aromatic N) is 3. The van der Waals surface area contributed by atoms with Gasteiger partial charge in [0.05, 0.1) is 0 Å². The zero-order valence-electron chi connectivity index (χ0n) is 8.34. The summed E-state index contributed by atoms with van der Waals surface area (Å²) in [6.45, 7) is 2.62. The number of nitrogens with two attached hydrogens (primary N) is 1. The van der Waals surface area contributed by atoms with Gasteiger partial charge in [0.15, 0.2) is 4.34 Å². The van der Waals surface area contributed by atoms with E-state index < -0.39 is 0 Å². The minimum Gasteiger partial charge on any atom is -0.326 e. The molecule has 0 aromatic carbocycles. The number of aromatic nitrogens is 2. The predicted octanol–water partition coefficient (Wildman–Crippen LogP) is 0.714. The summed E-state index contributed by atoms with van der Waals surface area (Å²) in [5.41, 5.74) is 5.71.